The average molecular weight is 201 g/mol. The Morgan fingerprint density at radius 2 is 1.93 bits per heavy atom. The van der Waals surface area contributed by atoms with E-state index in [4.69, 9.17) is 5.73 Å². The number of hydrogen-bond donors (Lipinski definition) is 1. The van der Waals surface area contributed by atoms with E-state index in [0.717, 1.165) is 5.92 Å². The zero-order valence-electron chi connectivity index (χ0n) is 9.15. The highest BCUT2D eigenvalue weighted by Crippen LogP contribution is 2.41. The third-order valence-electron chi connectivity index (χ3n) is 4.34. The summed E-state index contributed by atoms with van der Waals surface area (Å²) in [5, 5.41) is 0. The van der Waals surface area contributed by atoms with Gasteiger partial charge in [0.25, 0.3) is 0 Å². The van der Waals surface area contributed by atoms with Crippen LogP contribution in [-0.2, 0) is 6.42 Å². The topological polar surface area (TPSA) is 26.0 Å². The Labute approximate surface area is 91.7 Å². The van der Waals surface area contributed by atoms with Crippen LogP contribution in [0.25, 0.3) is 0 Å². The predicted molar refractivity (Wildman–Crippen MR) is 62.8 cm³/mol. The number of rotatable bonds is 2. The maximum Gasteiger partial charge on any atom is 0.0136 e. The van der Waals surface area contributed by atoms with Crippen LogP contribution in [0.1, 0.15) is 42.7 Å². The molecule has 0 spiro atoms. The van der Waals surface area contributed by atoms with Crippen molar-refractivity contribution in [3.63, 3.8) is 0 Å². The Kier molecular flexibility index (Phi) is 2.28. The number of hydrogen-bond acceptors (Lipinski definition) is 1. The van der Waals surface area contributed by atoms with E-state index in [0.29, 0.717) is 12.0 Å². The highest BCUT2D eigenvalue weighted by Gasteiger charge is 2.34. The van der Waals surface area contributed by atoms with Crippen molar-refractivity contribution in [1.82, 2.24) is 0 Å². The van der Waals surface area contributed by atoms with Crippen molar-refractivity contribution in [1.29, 1.82) is 0 Å². The fourth-order valence-corrected chi connectivity index (χ4v) is 3.14. The van der Waals surface area contributed by atoms with Crippen molar-refractivity contribution in [2.75, 3.05) is 0 Å². The predicted octanol–water partition coefficient (Wildman–Crippen LogP) is 2.84. The van der Waals surface area contributed by atoms with E-state index in [1.807, 2.05) is 0 Å². The summed E-state index contributed by atoms with van der Waals surface area (Å²) in [5.41, 5.74) is 9.48. The van der Waals surface area contributed by atoms with Gasteiger partial charge in [0.05, 0.1) is 0 Å². The van der Waals surface area contributed by atoms with E-state index >= 15 is 0 Å². The molecule has 1 aromatic carbocycles. The van der Waals surface area contributed by atoms with Gasteiger partial charge in [0.15, 0.2) is 0 Å². The van der Waals surface area contributed by atoms with E-state index in [2.05, 4.69) is 24.3 Å². The van der Waals surface area contributed by atoms with Gasteiger partial charge in [-0.05, 0) is 48.6 Å². The fourth-order valence-electron chi connectivity index (χ4n) is 3.14. The van der Waals surface area contributed by atoms with Crippen LogP contribution in [0, 0.1) is 5.92 Å². The molecule has 2 aliphatic carbocycles. The molecule has 0 radical (unpaired) electrons. The molecule has 0 heterocycles. The third-order valence-corrected chi connectivity index (χ3v) is 4.34. The molecule has 0 aliphatic heterocycles. The quantitative estimate of drug-likeness (QED) is 0.782. The summed E-state index contributed by atoms with van der Waals surface area (Å²) < 4.78 is 0. The van der Waals surface area contributed by atoms with E-state index in [1.165, 1.54) is 43.2 Å². The van der Waals surface area contributed by atoms with Crippen LogP contribution in [0.3, 0.4) is 0 Å². The second-order valence-corrected chi connectivity index (χ2v) is 5.11. The lowest BCUT2D eigenvalue weighted by Crippen LogP contribution is -2.38. The van der Waals surface area contributed by atoms with Crippen LogP contribution in [0.15, 0.2) is 24.3 Å². The Hall–Kier alpha value is -0.820. The number of nitrogens with two attached hydrogens (primary N) is 1. The van der Waals surface area contributed by atoms with Crippen LogP contribution < -0.4 is 5.73 Å². The van der Waals surface area contributed by atoms with E-state index in [1.54, 1.807) is 0 Å². The molecule has 3 rings (SSSR count). The SMILES string of the molecule is NC(C1CCC1)C1CCc2ccccc21. The Balaban J connectivity index is 1.83. The van der Waals surface area contributed by atoms with Gasteiger partial charge in [-0.3, -0.25) is 0 Å². The lowest BCUT2D eigenvalue weighted by atomic mass is 9.74. The lowest BCUT2D eigenvalue weighted by Gasteiger charge is -2.35. The summed E-state index contributed by atoms with van der Waals surface area (Å²) in [6.45, 7) is 0. The summed E-state index contributed by atoms with van der Waals surface area (Å²) in [4.78, 5) is 0. The van der Waals surface area contributed by atoms with Gasteiger partial charge in [0.2, 0.25) is 0 Å². The number of aryl methyl sites for hydroxylation is 1. The molecule has 15 heavy (non-hydrogen) atoms. The van der Waals surface area contributed by atoms with Crippen LogP contribution >= 0.6 is 0 Å². The zero-order valence-corrected chi connectivity index (χ0v) is 9.15. The zero-order chi connectivity index (χ0) is 10.3. The average Bonchev–Trinajstić information content (AvgIpc) is 2.58. The van der Waals surface area contributed by atoms with Gasteiger partial charge in [-0.25, -0.2) is 0 Å². The van der Waals surface area contributed by atoms with E-state index in [9.17, 15) is 0 Å². The summed E-state index contributed by atoms with van der Waals surface area (Å²) in [6, 6.07) is 9.28. The third kappa shape index (κ3) is 1.50. The molecular weight excluding hydrogens is 182 g/mol. The van der Waals surface area contributed by atoms with E-state index in [-0.39, 0.29) is 0 Å². The Bertz CT molecular complexity index is 354. The van der Waals surface area contributed by atoms with Gasteiger partial charge in [0.1, 0.15) is 0 Å². The van der Waals surface area contributed by atoms with Crippen molar-refractivity contribution < 1.29 is 0 Å². The summed E-state index contributed by atoms with van der Waals surface area (Å²) >= 11 is 0. The summed E-state index contributed by atoms with van der Waals surface area (Å²) in [7, 11) is 0. The second-order valence-electron chi connectivity index (χ2n) is 5.11. The van der Waals surface area contributed by atoms with Crippen molar-refractivity contribution >= 4 is 0 Å². The molecular formula is C14H19N. The van der Waals surface area contributed by atoms with Gasteiger partial charge >= 0.3 is 0 Å². The smallest absolute Gasteiger partial charge is 0.0136 e. The van der Waals surface area contributed by atoms with Gasteiger partial charge in [0, 0.05) is 6.04 Å². The van der Waals surface area contributed by atoms with E-state index < -0.39 is 0 Å². The Morgan fingerprint density at radius 1 is 1.13 bits per heavy atom. The first-order valence-corrected chi connectivity index (χ1v) is 6.19. The molecule has 0 bridgehead atoms. The van der Waals surface area contributed by atoms with Gasteiger partial charge < -0.3 is 5.73 Å². The van der Waals surface area contributed by atoms with Crippen molar-refractivity contribution in [2.24, 2.45) is 11.7 Å². The normalized spacial score (nSPS) is 27.1. The molecule has 2 atom stereocenters. The van der Waals surface area contributed by atoms with Crippen molar-refractivity contribution in [2.45, 2.75) is 44.1 Å². The first kappa shape index (κ1) is 9.41. The molecule has 0 aromatic heterocycles. The maximum absolute atomic E-state index is 6.40. The molecule has 0 amide bonds. The van der Waals surface area contributed by atoms with Crippen molar-refractivity contribution in [3.8, 4) is 0 Å². The second kappa shape index (κ2) is 3.64. The minimum absolute atomic E-state index is 0.419. The fraction of sp³-hybridized carbons (Fsp3) is 0.571. The highest BCUT2D eigenvalue weighted by atomic mass is 14.7. The molecule has 2 aliphatic rings. The first-order chi connectivity index (χ1) is 7.36. The lowest BCUT2D eigenvalue weighted by molar-refractivity contribution is 0.236. The molecule has 0 saturated heterocycles. The minimum atomic E-state index is 0.419. The molecule has 2 unspecified atom stereocenters. The molecule has 1 fully saturated rings. The molecule has 1 saturated carbocycles. The van der Waals surface area contributed by atoms with Gasteiger partial charge in [-0.2, -0.15) is 0 Å². The number of benzene rings is 1. The maximum atomic E-state index is 6.40. The Morgan fingerprint density at radius 3 is 2.67 bits per heavy atom. The van der Waals surface area contributed by atoms with Gasteiger partial charge in [-0.1, -0.05) is 30.7 Å². The molecule has 1 nitrogen and oxygen atoms in total. The molecule has 80 valence electrons. The number of fused-ring (bicyclic) bond motifs is 1. The van der Waals surface area contributed by atoms with Crippen molar-refractivity contribution in [3.05, 3.63) is 35.4 Å². The van der Waals surface area contributed by atoms with Gasteiger partial charge in [-0.15, -0.1) is 0 Å². The summed E-state index contributed by atoms with van der Waals surface area (Å²) in [6.07, 6.45) is 6.63. The van der Waals surface area contributed by atoms with Crippen LogP contribution in [0.2, 0.25) is 0 Å². The van der Waals surface area contributed by atoms with Crippen LogP contribution in [0.5, 0.6) is 0 Å². The van der Waals surface area contributed by atoms with Crippen LogP contribution in [-0.4, -0.2) is 6.04 Å². The minimum Gasteiger partial charge on any atom is -0.327 e. The highest BCUT2D eigenvalue weighted by molar-refractivity contribution is 5.36. The molecule has 1 heteroatoms. The monoisotopic (exact) mass is 201 g/mol. The molecule has 2 N–H and O–H groups in total. The standard InChI is InChI=1S/C14H19N/c15-14(11-5-3-6-11)13-9-8-10-4-1-2-7-12(10)13/h1-2,4,7,11,13-14H,3,5-6,8-9,15H2. The summed E-state index contributed by atoms with van der Waals surface area (Å²) in [5.74, 6) is 1.45. The largest absolute Gasteiger partial charge is 0.327 e. The first-order valence-electron chi connectivity index (χ1n) is 6.19. The van der Waals surface area contributed by atoms with Crippen LogP contribution in [0.4, 0.5) is 0 Å². The molecule has 1 aromatic rings.